The van der Waals surface area contributed by atoms with Crippen molar-refractivity contribution in [3.63, 3.8) is 0 Å². The normalized spacial score (nSPS) is 11.5. The monoisotopic (exact) mass is 224 g/mol. The van der Waals surface area contributed by atoms with Crippen molar-refractivity contribution >= 4 is 21.2 Å². The SMILES string of the molecule is NS(=O)(=O)Oc1ccc2cccnc2c1. The Kier molecular flexibility index (Phi) is 2.29. The van der Waals surface area contributed by atoms with Crippen LogP contribution in [-0.4, -0.2) is 13.4 Å². The van der Waals surface area contributed by atoms with Crippen molar-refractivity contribution in [3.8, 4) is 5.75 Å². The van der Waals surface area contributed by atoms with Crippen molar-refractivity contribution in [2.45, 2.75) is 0 Å². The van der Waals surface area contributed by atoms with E-state index in [-0.39, 0.29) is 5.75 Å². The standard InChI is InChI=1S/C9H8N2O3S/c10-15(12,13)14-8-4-3-7-2-1-5-11-9(7)6-8/h1-6H,(H2,10,12,13). The molecule has 0 amide bonds. The fourth-order valence-electron chi connectivity index (χ4n) is 1.23. The van der Waals surface area contributed by atoms with Crippen LogP contribution in [0.2, 0.25) is 0 Å². The van der Waals surface area contributed by atoms with Crippen LogP contribution >= 0.6 is 0 Å². The van der Waals surface area contributed by atoms with Crippen molar-refractivity contribution in [2.24, 2.45) is 5.14 Å². The number of hydrogen-bond donors (Lipinski definition) is 1. The number of aromatic nitrogens is 1. The average Bonchev–Trinajstić information content (AvgIpc) is 2.15. The average molecular weight is 224 g/mol. The minimum atomic E-state index is -3.97. The zero-order chi connectivity index (χ0) is 10.9. The van der Waals surface area contributed by atoms with Gasteiger partial charge in [-0.2, -0.15) is 13.6 Å². The van der Waals surface area contributed by atoms with Gasteiger partial charge in [-0.25, -0.2) is 0 Å². The molecule has 1 aromatic carbocycles. The summed E-state index contributed by atoms with van der Waals surface area (Å²) in [5, 5.41) is 5.64. The van der Waals surface area contributed by atoms with Crippen LogP contribution in [0.4, 0.5) is 0 Å². The highest BCUT2D eigenvalue weighted by atomic mass is 32.2. The van der Waals surface area contributed by atoms with Crippen LogP contribution in [0.3, 0.4) is 0 Å². The molecule has 0 atom stereocenters. The number of pyridine rings is 1. The Bertz CT molecular complexity index is 595. The van der Waals surface area contributed by atoms with Gasteiger partial charge in [0.2, 0.25) is 0 Å². The second kappa shape index (κ2) is 3.48. The highest BCUT2D eigenvalue weighted by Crippen LogP contribution is 2.19. The summed E-state index contributed by atoms with van der Waals surface area (Å²) in [6, 6.07) is 8.41. The Balaban J connectivity index is 2.48. The van der Waals surface area contributed by atoms with E-state index in [4.69, 9.17) is 5.14 Å². The Hall–Kier alpha value is -1.66. The molecule has 1 aromatic heterocycles. The van der Waals surface area contributed by atoms with E-state index in [0.717, 1.165) is 5.39 Å². The first-order valence-corrected chi connectivity index (χ1v) is 5.59. The van der Waals surface area contributed by atoms with E-state index in [9.17, 15) is 8.42 Å². The summed E-state index contributed by atoms with van der Waals surface area (Å²) in [6.07, 6.45) is 1.61. The summed E-state index contributed by atoms with van der Waals surface area (Å²) in [7, 11) is -3.97. The molecule has 0 saturated heterocycles. The van der Waals surface area contributed by atoms with E-state index in [1.54, 1.807) is 18.3 Å². The number of benzene rings is 1. The Morgan fingerprint density at radius 3 is 2.80 bits per heavy atom. The van der Waals surface area contributed by atoms with Crippen LogP contribution in [0.15, 0.2) is 36.5 Å². The lowest BCUT2D eigenvalue weighted by atomic mass is 10.2. The van der Waals surface area contributed by atoms with Crippen LogP contribution in [0.25, 0.3) is 10.9 Å². The number of nitrogens with two attached hydrogens (primary N) is 1. The van der Waals surface area contributed by atoms with Crippen LogP contribution in [-0.2, 0) is 10.3 Å². The van der Waals surface area contributed by atoms with Gasteiger partial charge < -0.3 is 4.18 Å². The molecule has 0 aliphatic rings. The van der Waals surface area contributed by atoms with Crippen LogP contribution < -0.4 is 9.32 Å². The first kappa shape index (κ1) is 9.88. The lowest BCUT2D eigenvalue weighted by molar-refractivity contribution is 0.488. The van der Waals surface area contributed by atoms with Crippen LogP contribution in [0, 0.1) is 0 Å². The van der Waals surface area contributed by atoms with Crippen molar-refractivity contribution in [2.75, 3.05) is 0 Å². The Morgan fingerprint density at radius 2 is 2.07 bits per heavy atom. The molecule has 2 aromatic rings. The molecule has 0 unspecified atom stereocenters. The third-order valence-corrected chi connectivity index (χ3v) is 2.21. The summed E-state index contributed by atoms with van der Waals surface area (Å²) >= 11 is 0. The number of nitrogens with zero attached hydrogens (tertiary/aromatic N) is 1. The number of hydrogen-bond acceptors (Lipinski definition) is 4. The minimum Gasteiger partial charge on any atom is -0.371 e. The van der Waals surface area contributed by atoms with Crippen LogP contribution in [0.5, 0.6) is 5.75 Å². The molecular weight excluding hydrogens is 216 g/mol. The minimum absolute atomic E-state index is 0.156. The summed E-state index contributed by atoms with van der Waals surface area (Å²) in [6.45, 7) is 0. The summed E-state index contributed by atoms with van der Waals surface area (Å²) < 4.78 is 25.9. The predicted octanol–water partition coefficient (Wildman–Crippen LogP) is 0.817. The van der Waals surface area contributed by atoms with Gasteiger partial charge in [0.1, 0.15) is 5.75 Å². The van der Waals surface area contributed by atoms with Crippen molar-refractivity contribution in [3.05, 3.63) is 36.5 Å². The second-order valence-corrected chi connectivity index (χ2v) is 4.09. The van der Waals surface area contributed by atoms with E-state index in [0.29, 0.717) is 5.52 Å². The van der Waals surface area contributed by atoms with Gasteiger partial charge in [0.05, 0.1) is 5.52 Å². The largest absolute Gasteiger partial charge is 0.380 e. The fraction of sp³-hybridized carbons (Fsp3) is 0. The molecule has 2 N–H and O–H groups in total. The third kappa shape index (κ3) is 2.42. The van der Waals surface area contributed by atoms with E-state index < -0.39 is 10.3 Å². The molecule has 0 aliphatic carbocycles. The van der Waals surface area contributed by atoms with Gasteiger partial charge in [-0.15, -0.1) is 0 Å². The highest BCUT2D eigenvalue weighted by molar-refractivity contribution is 7.84. The molecule has 0 spiro atoms. The number of fused-ring (bicyclic) bond motifs is 1. The molecule has 0 saturated carbocycles. The second-order valence-electron chi connectivity index (χ2n) is 2.93. The first-order valence-electron chi connectivity index (χ1n) is 4.12. The lowest BCUT2D eigenvalue weighted by Gasteiger charge is -2.02. The maximum Gasteiger partial charge on any atom is 0.380 e. The maximum absolute atomic E-state index is 10.7. The lowest BCUT2D eigenvalue weighted by Crippen LogP contribution is -2.18. The zero-order valence-electron chi connectivity index (χ0n) is 7.62. The third-order valence-electron chi connectivity index (χ3n) is 1.79. The molecule has 15 heavy (non-hydrogen) atoms. The molecule has 5 nitrogen and oxygen atoms in total. The summed E-state index contributed by atoms with van der Waals surface area (Å²) in [5.41, 5.74) is 0.652. The van der Waals surface area contributed by atoms with Gasteiger partial charge in [-0.05, 0) is 18.2 Å². The van der Waals surface area contributed by atoms with Crippen LogP contribution in [0.1, 0.15) is 0 Å². The van der Waals surface area contributed by atoms with Gasteiger partial charge >= 0.3 is 10.3 Å². The molecule has 0 aliphatic heterocycles. The molecular formula is C9H8N2O3S. The van der Waals surface area contributed by atoms with E-state index >= 15 is 0 Å². The molecule has 6 heteroatoms. The van der Waals surface area contributed by atoms with Crippen molar-refractivity contribution in [1.82, 2.24) is 4.98 Å². The first-order chi connectivity index (χ1) is 7.04. The maximum atomic E-state index is 10.7. The van der Waals surface area contributed by atoms with E-state index in [2.05, 4.69) is 9.17 Å². The Morgan fingerprint density at radius 1 is 1.27 bits per heavy atom. The van der Waals surface area contributed by atoms with Gasteiger partial charge in [0.25, 0.3) is 0 Å². The van der Waals surface area contributed by atoms with Crippen molar-refractivity contribution in [1.29, 1.82) is 0 Å². The molecule has 1 heterocycles. The molecule has 2 rings (SSSR count). The molecule has 0 fully saturated rings. The summed E-state index contributed by atoms with van der Waals surface area (Å²) in [4.78, 5) is 4.06. The van der Waals surface area contributed by atoms with Gasteiger partial charge in [-0.1, -0.05) is 6.07 Å². The molecule has 0 radical (unpaired) electrons. The molecule has 0 bridgehead atoms. The van der Waals surface area contributed by atoms with Gasteiger partial charge in [-0.3, -0.25) is 4.98 Å². The van der Waals surface area contributed by atoms with Gasteiger partial charge in [0.15, 0.2) is 0 Å². The topological polar surface area (TPSA) is 82.3 Å². The van der Waals surface area contributed by atoms with Gasteiger partial charge in [0, 0.05) is 17.6 Å². The van der Waals surface area contributed by atoms with E-state index in [1.807, 2.05) is 6.07 Å². The number of rotatable bonds is 2. The summed E-state index contributed by atoms with van der Waals surface area (Å²) in [5.74, 6) is 0.156. The van der Waals surface area contributed by atoms with E-state index in [1.165, 1.54) is 12.1 Å². The zero-order valence-corrected chi connectivity index (χ0v) is 8.44. The smallest absolute Gasteiger partial charge is 0.371 e. The van der Waals surface area contributed by atoms with Crippen molar-refractivity contribution < 1.29 is 12.6 Å². The Labute approximate surface area is 86.8 Å². The molecule has 78 valence electrons. The predicted molar refractivity (Wildman–Crippen MR) is 55.5 cm³/mol. The quantitative estimate of drug-likeness (QED) is 0.818. The highest BCUT2D eigenvalue weighted by Gasteiger charge is 2.05. The fourth-order valence-corrected chi connectivity index (χ4v) is 1.60.